The fraction of sp³-hybridized carbons (Fsp3) is 0.565. The van der Waals surface area contributed by atoms with Crippen LogP contribution in [0.2, 0.25) is 0 Å². The lowest BCUT2D eigenvalue weighted by atomic mass is 10.0. The highest BCUT2D eigenvalue weighted by Crippen LogP contribution is 2.36. The number of aromatic amines is 1. The molecule has 11 heteroatoms. The number of amides is 1. The van der Waals surface area contributed by atoms with Crippen molar-refractivity contribution in [2.45, 2.75) is 57.7 Å². The predicted molar refractivity (Wildman–Crippen MR) is 126 cm³/mol. The van der Waals surface area contributed by atoms with E-state index in [1.165, 1.54) is 0 Å². The van der Waals surface area contributed by atoms with Crippen molar-refractivity contribution < 1.29 is 14.3 Å². The summed E-state index contributed by atoms with van der Waals surface area (Å²) < 4.78 is 12.8. The average molecular weight is 469 g/mol. The highest BCUT2D eigenvalue weighted by atomic mass is 16.6. The third-order valence-corrected chi connectivity index (χ3v) is 6.28. The van der Waals surface area contributed by atoms with Gasteiger partial charge in [-0.05, 0) is 39.2 Å². The number of nitrogens with zero attached hydrogens (tertiary/aromatic N) is 5. The van der Waals surface area contributed by atoms with E-state index >= 15 is 0 Å². The van der Waals surface area contributed by atoms with Gasteiger partial charge in [0.2, 0.25) is 0 Å². The number of hydrogen-bond donors (Lipinski definition) is 3. The van der Waals surface area contributed by atoms with Crippen LogP contribution in [-0.4, -0.2) is 74.2 Å². The minimum atomic E-state index is -0.347. The van der Waals surface area contributed by atoms with Gasteiger partial charge in [0.15, 0.2) is 11.6 Å². The van der Waals surface area contributed by atoms with Gasteiger partial charge in [-0.2, -0.15) is 10.2 Å². The number of morpholine rings is 1. The largest absolute Gasteiger partial charge is 0.446 e. The van der Waals surface area contributed by atoms with Crippen molar-refractivity contribution in [1.82, 2.24) is 35.0 Å². The topological polar surface area (TPSA) is 122 Å². The van der Waals surface area contributed by atoms with Crippen LogP contribution in [0.5, 0.6) is 0 Å². The maximum absolute atomic E-state index is 11.9. The minimum absolute atomic E-state index is 0.0650. The average Bonchev–Trinajstić information content (AvgIpc) is 3.54. The van der Waals surface area contributed by atoms with Crippen molar-refractivity contribution in [3.8, 4) is 0 Å². The molecule has 5 rings (SSSR count). The van der Waals surface area contributed by atoms with Crippen LogP contribution in [0.25, 0.3) is 5.52 Å². The molecule has 2 aliphatic rings. The highest BCUT2D eigenvalue weighted by molar-refractivity contribution is 5.72. The molecule has 3 aromatic heterocycles. The molecule has 182 valence electrons. The van der Waals surface area contributed by atoms with Gasteiger partial charge in [-0.25, -0.2) is 14.3 Å². The maximum Gasteiger partial charge on any atom is 0.407 e. The number of carbonyl (C=O) groups is 1. The minimum Gasteiger partial charge on any atom is -0.446 e. The molecule has 0 bridgehead atoms. The Labute approximate surface area is 198 Å². The summed E-state index contributed by atoms with van der Waals surface area (Å²) in [6.45, 7) is 8.00. The van der Waals surface area contributed by atoms with Crippen LogP contribution in [-0.2, 0) is 16.0 Å². The summed E-state index contributed by atoms with van der Waals surface area (Å²) in [5.41, 5.74) is 2.94. The van der Waals surface area contributed by atoms with Gasteiger partial charge in [-0.3, -0.25) is 10.00 Å². The SMILES string of the molecule is CC(C)NC(=O)OC1CCC(c2cc(Nc3nccn4nc(CN5CCOCC5)cc34)n[nH]2)C1. The second kappa shape index (κ2) is 9.98. The number of fused-ring (bicyclic) bond motifs is 1. The van der Waals surface area contributed by atoms with Crippen LogP contribution in [0.4, 0.5) is 16.4 Å². The Morgan fingerprint density at radius 1 is 1.29 bits per heavy atom. The Hall–Kier alpha value is -3.18. The van der Waals surface area contributed by atoms with Crippen LogP contribution >= 0.6 is 0 Å². The Kier molecular flexibility index (Phi) is 6.63. The van der Waals surface area contributed by atoms with Crippen LogP contribution < -0.4 is 10.6 Å². The summed E-state index contributed by atoms with van der Waals surface area (Å²) in [5, 5.41) is 18.4. The van der Waals surface area contributed by atoms with E-state index in [0.717, 1.165) is 69.0 Å². The lowest BCUT2D eigenvalue weighted by molar-refractivity contribution is 0.0336. The molecule has 11 nitrogen and oxygen atoms in total. The summed E-state index contributed by atoms with van der Waals surface area (Å²) in [6.07, 6.45) is 5.75. The Morgan fingerprint density at radius 2 is 2.15 bits per heavy atom. The number of carbonyl (C=O) groups excluding carboxylic acids is 1. The van der Waals surface area contributed by atoms with Gasteiger partial charge in [0.1, 0.15) is 11.6 Å². The van der Waals surface area contributed by atoms with Gasteiger partial charge in [-0.15, -0.1) is 0 Å². The number of ether oxygens (including phenoxy) is 2. The quantitative estimate of drug-likeness (QED) is 0.484. The molecule has 1 aliphatic heterocycles. The molecule has 2 fully saturated rings. The van der Waals surface area contributed by atoms with E-state index in [2.05, 4.69) is 36.8 Å². The number of alkyl carbamates (subject to hydrolysis) is 1. The summed E-state index contributed by atoms with van der Waals surface area (Å²) in [6, 6.07) is 4.15. The van der Waals surface area contributed by atoms with E-state index in [1.54, 1.807) is 6.20 Å². The molecule has 2 unspecified atom stereocenters. The normalized spacial score (nSPS) is 21.3. The Balaban J connectivity index is 1.22. The Morgan fingerprint density at radius 3 is 2.97 bits per heavy atom. The highest BCUT2D eigenvalue weighted by Gasteiger charge is 2.30. The van der Waals surface area contributed by atoms with E-state index in [1.807, 2.05) is 30.6 Å². The number of rotatable bonds is 7. The van der Waals surface area contributed by atoms with Gasteiger partial charge >= 0.3 is 6.09 Å². The van der Waals surface area contributed by atoms with Crippen LogP contribution in [0.15, 0.2) is 24.5 Å². The first-order valence-corrected chi connectivity index (χ1v) is 12.0. The predicted octanol–water partition coefficient (Wildman–Crippen LogP) is 2.80. The molecule has 34 heavy (non-hydrogen) atoms. The van der Waals surface area contributed by atoms with E-state index in [-0.39, 0.29) is 24.2 Å². The lowest BCUT2D eigenvalue weighted by Crippen LogP contribution is -2.35. The first kappa shape index (κ1) is 22.6. The van der Waals surface area contributed by atoms with Crippen molar-refractivity contribution in [3.05, 3.63) is 35.9 Å². The van der Waals surface area contributed by atoms with E-state index in [0.29, 0.717) is 11.6 Å². The summed E-state index contributed by atoms with van der Waals surface area (Å²) in [7, 11) is 0. The molecule has 0 spiro atoms. The van der Waals surface area contributed by atoms with Crippen molar-refractivity contribution in [1.29, 1.82) is 0 Å². The fourth-order valence-corrected chi connectivity index (χ4v) is 4.62. The molecule has 3 aromatic rings. The van der Waals surface area contributed by atoms with Gasteiger partial charge in [0.25, 0.3) is 0 Å². The monoisotopic (exact) mass is 468 g/mol. The van der Waals surface area contributed by atoms with E-state index in [4.69, 9.17) is 14.6 Å². The zero-order chi connectivity index (χ0) is 23.5. The second-order valence-corrected chi connectivity index (χ2v) is 9.30. The zero-order valence-corrected chi connectivity index (χ0v) is 19.7. The van der Waals surface area contributed by atoms with Crippen molar-refractivity contribution >= 4 is 23.2 Å². The molecule has 0 radical (unpaired) electrons. The molecule has 1 amide bonds. The van der Waals surface area contributed by atoms with Crippen molar-refractivity contribution in [2.24, 2.45) is 0 Å². The first-order chi connectivity index (χ1) is 16.5. The maximum atomic E-state index is 11.9. The molecular weight excluding hydrogens is 436 g/mol. The molecule has 1 aliphatic carbocycles. The van der Waals surface area contributed by atoms with Crippen molar-refractivity contribution in [2.75, 3.05) is 31.6 Å². The lowest BCUT2D eigenvalue weighted by Gasteiger charge is -2.25. The summed E-state index contributed by atoms with van der Waals surface area (Å²) >= 11 is 0. The molecule has 3 N–H and O–H groups in total. The first-order valence-electron chi connectivity index (χ1n) is 12.0. The molecule has 1 saturated heterocycles. The molecule has 0 aromatic carbocycles. The van der Waals surface area contributed by atoms with Gasteiger partial charge < -0.3 is 20.1 Å². The number of H-pyrrole nitrogens is 1. The number of anilines is 2. The molecule has 4 heterocycles. The third kappa shape index (κ3) is 5.31. The van der Waals surface area contributed by atoms with Gasteiger partial charge in [-0.1, -0.05) is 0 Å². The second-order valence-electron chi connectivity index (χ2n) is 9.30. The number of nitrogens with one attached hydrogen (secondary N) is 3. The molecular formula is C23H32N8O3. The van der Waals surface area contributed by atoms with Gasteiger partial charge in [0.05, 0.1) is 18.9 Å². The summed E-state index contributed by atoms with van der Waals surface area (Å²) in [5.74, 6) is 1.69. The standard InChI is InChI=1S/C23H32N8O3/c1-15(2)25-23(32)34-18-4-3-16(11-18)19-13-21(28-27-19)26-22-20-12-17(29-31(20)6-5-24-22)14-30-7-9-33-10-8-30/h5-6,12-13,15-16,18H,3-4,7-11,14H2,1-2H3,(H,25,32)(H2,24,26,27,28). The summed E-state index contributed by atoms with van der Waals surface area (Å²) in [4.78, 5) is 18.8. The molecule has 1 saturated carbocycles. The Bertz CT molecular complexity index is 1120. The van der Waals surface area contributed by atoms with E-state index in [9.17, 15) is 4.79 Å². The number of hydrogen-bond acceptors (Lipinski definition) is 8. The van der Waals surface area contributed by atoms with Crippen LogP contribution in [0, 0.1) is 0 Å². The molecule has 2 atom stereocenters. The smallest absolute Gasteiger partial charge is 0.407 e. The van der Waals surface area contributed by atoms with Gasteiger partial charge in [0, 0.05) is 55.7 Å². The van der Waals surface area contributed by atoms with Crippen LogP contribution in [0.3, 0.4) is 0 Å². The fourth-order valence-electron chi connectivity index (χ4n) is 4.62. The van der Waals surface area contributed by atoms with Crippen LogP contribution in [0.1, 0.15) is 50.4 Å². The van der Waals surface area contributed by atoms with E-state index < -0.39 is 0 Å². The third-order valence-electron chi connectivity index (χ3n) is 6.28. The van der Waals surface area contributed by atoms with Crippen molar-refractivity contribution in [3.63, 3.8) is 0 Å². The number of aromatic nitrogens is 5. The zero-order valence-electron chi connectivity index (χ0n) is 19.7.